The highest BCUT2D eigenvalue weighted by Gasteiger charge is 2.29. The van der Waals surface area contributed by atoms with Crippen molar-refractivity contribution in [3.63, 3.8) is 0 Å². The van der Waals surface area contributed by atoms with Crippen molar-refractivity contribution >= 4 is 23.4 Å². The monoisotopic (exact) mass is 616 g/mol. The van der Waals surface area contributed by atoms with Crippen LogP contribution >= 0.6 is 11.6 Å². The first-order valence-electron chi connectivity index (χ1n) is 16.4. The van der Waals surface area contributed by atoms with Gasteiger partial charge in [-0.15, -0.1) is 0 Å². The van der Waals surface area contributed by atoms with Gasteiger partial charge in [-0.05, 0) is 98.0 Å². The van der Waals surface area contributed by atoms with Crippen LogP contribution in [-0.2, 0) is 19.4 Å². The first-order valence-corrected chi connectivity index (χ1v) is 16.8. The number of nitrogens with one attached hydrogen (secondary N) is 1. The zero-order valence-corrected chi connectivity index (χ0v) is 27.5. The van der Waals surface area contributed by atoms with E-state index in [1.165, 1.54) is 24.8 Å². The molecule has 7 heteroatoms. The summed E-state index contributed by atoms with van der Waals surface area (Å²) in [4.78, 5) is 35.9. The van der Waals surface area contributed by atoms with E-state index in [9.17, 15) is 9.59 Å². The molecule has 0 radical (unpaired) electrons. The van der Waals surface area contributed by atoms with Gasteiger partial charge in [-0.1, -0.05) is 75.5 Å². The second-order valence-corrected chi connectivity index (χ2v) is 13.0. The fourth-order valence-corrected chi connectivity index (χ4v) is 5.84. The van der Waals surface area contributed by atoms with Crippen LogP contribution in [0, 0.1) is 5.92 Å². The second-order valence-electron chi connectivity index (χ2n) is 12.5. The zero-order chi connectivity index (χ0) is 31.3. The number of likely N-dealkylation sites (tertiary alicyclic amines) is 1. The molecule has 6 nitrogen and oxygen atoms in total. The number of hydrogen-bond donors (Lipinski definition) is 1. The van der Waals surface area contributed by atoms with Crippen LogP contribution < -0.4 is 5.32 Å². The Bertz CT molecular complexity index is 1300. The van der Waals surface area contributed by atoms with Crippen LogP contribution in [0.2, 0.25) is 5.02 Å². The number of aromatic nitrogens is 1. The van der Waals surface area contributed by atoms with E-state index in [4.69, 9.17) is 11.6 Å². The van der Waals surface area contributed by atoms with Crippen molar-refractivity contribution in [2.45, 2.75) is 84.7 Å². The van der Waals surface area contributed by atoms with Gasteiger partial charge in [0.15, 0.2) is 0 Å². The Morgan fingerprint density at radius 1 is 0.932 bits per heavy atom. The molecule has 1 saturated heterocycles. The van der Waals surface area contributed by atoms with Crippen molar-refractivity contribution in [1.29, 1.82) is 0 Å². The Morgan fingerprint density at radius 3 is 2.25 bits per heavy atom. The smallest absolute Gasteiger partial charge is 0.272 e. The molecule has 2 aromatic carbocycles. The Kier molecular flexibility index (Phi) is 13.2. The van der Waals surface area contributed by atoms with E-state index < -0.39 is 0 Å². The molecule has 2 heterocycles. The maximum Gasteiger partial charge on any atom is 0.272 e. The summed E-state index contributed by atoms with van der Waals surface area (Å²) in [6.45, 7) is 10.9. The predicted octanol–water partition coefficient (Wildman–Crippen LogP) is 7.59. The van der Waals surface area contributed by atoms with Crippen LogP contribution in [0.5, 0.6) is 0 Å². The first-order chi connectivity index (χ1) is 21.3. The fourth-order valence-electron chi connectivity index (χ4n) is 5.72. The topological polar surface area (TPSA) is 65.5 Å². The van der Waals surface area contributed by atoms with E-state index in [0.29, 0.717) is 35.3 Å². The Labute approximate surface area is 269 Å². The summed E-state index contributed by atoms with van der Waals surface area (Å²) in [5.41, 5.74) is 4.43. The molecule has 0 spiro atoms. The molecule has 0 aliphatic carbocycles. The number of benzene rings is 2. The lowest BCUT2D eigenvalue weighted by Gasteiger charge is -2.38. The third-order valence-corrected chi connectivity index (χ3v) is 8.83. The number of hydrogen-bond acceptors (Lipinski definition) is 4. The van der Waals surface area contributed by atoms with Gasteiger partial charge in [0.1, 0.15) is 5.69 Å². The minimum atomic E-state index is -0.101. The molecule has 1 aromatic heterocycles. The molecule has 0 saturated carbocycles. The summed E-state index contributed by atoms with van der Waals surface area (Å²) in [7, 11) is 0. The fraction of sp³-hybridized carbons (Fsp3) is 0.486. The second kappa shape index (κ2) is 17.3. The average molecular weight is 617 g/mol. The summed E-state index contributed by atoms with van der Waals surface area (Å²) < 4.78 is 0. The van der Waals surface area contributed by atoms with E-state index in [0.717, 1.165) is 62.9 Å². The van der Waals surface area contributed by atoms with Gasteiger partial charge in [-0.25, -0.2) is 0 Å². The van der Waals surface area contributed by atoms with Gasteiger partial charge >= 0.3 is 0 Å². The molecule has 236 valence electrons. The molecule has 1 aliphatic heterocycles. The van der Waals surface area contributed by atoms with E-state index in [-0.39, 0.29) is 17.9 Å². The van der Waals surface area contributed by atoms with Crippen LogP contribution in [0.3, 0.4) is 0 Å². The van der Waals surface area contributed by atoms with E-state index in [2.05, 4.69) is 42.0 Å². The maximum atomic E-state index is 13.9. The third-order valence-electron chi connectivity index (χ3n) is 8.58. The van der Waals surface area contributed by atoms with Gasteiger partial charge in [0, 0.05) is 49.0 Å². The molecular formula is C37H49ClN4O2. The van der Waals surface area contributed by atoms with Crippen molar-refractivity contribution in [3.8, 4) is 0 Å². The van der Waals surface area contributed by atoms with Gasteiger partial charge < -0.3 is 15.1 Å². The van der Waals surface area contributed by atoms with Gasteiger partial charge in [0.25, 0.3) is 11.8 Å². The van der Waals surface area contributed by atoms with Gasteiger partial charge in [-0.3, -0.25) is 14.6 Å². The minimum Gasteiger partial charge on any atom is -0.352 e. The number of halogens is 1. The van der Waals surface area contributed by atoms with Crippen LogP contribution in [0.25, 0.3) is 0 Å². The van der Waals surface area contributed by atoms with Gasteiger partial charge in [-0.2, -0.15) is 0 Å². The zero-order valence-electron chi connectivity index (χ0n) is 26.7. The summed E-state index contributed by atoms with van der Waals surface area (Å²) in [6, 6.07) is 19.4. The van der Waals surface area contributed by atoms with Crippen LogP contribution in [-0.4, -0.2) is 58.8 Å². The first kappa shape index (κ1) is 33.7. The summed E-state index contributed by atoms with van der Waals surface area (Å²) in [5, 5.41) is 3.71. The number of aryl methyl sites for hydroxylation is 1. The lowest BCUT2D eigenvalue weighted by Crippen LogP contribution is -2.47. The number of amides is 2. The molecule has 2 amide bonds. The number of carbonyl (C=O) groups is 2. The molecule has 44 heavy (non-hydrogen) atoms. The number of carbonyl (C=O) groups excluding carboxylic acids is 2. The van der Waals surface area contributed by atoms with E-state index >= 15 is 0 Å². The average Bonchev–Trinajstić information content (AvgIpc) is 3.04. The molecular weight excluding hydrogens is 568 g/mol. The molecule has 4 rings (SSSR count). The number of piperidine rings is 1. The van der Waals surface area contributed by atoms with E-state index in [1.54, 1.807) is 0 Å². The summed E-state index contributed by atoms with van der Waals surface area (Å²) in [5.74, 6) is 0.570. The highest BCUT2D eigenvalue weighted by atomic mass is 35.5. The molecule has 3 aromatic rings. The third kappa shape index (κ3) is 10.4. The van der Waals surface area contributed by atoms with Crippen LogP contribution in [0.4, 0.5) is 0 Å². The van der Waals surface area contributed by atoms with Gasteiger partial charge in [0.2, 0.25) is 0 Å². The van der Waals surface area contributed by atoms with Crippen LogP contribution in [0.1, 0.15) is 96.8 Å². The van der Waals surface area contributed by atoms with Crippen molar-refractivity contribution in [2.24, 2.45) is 5.92 Å². The van der Waals surface area contributed by atoms with Crippen molar-refractivity contribution in [1.82, 2.24) is 20.1 Å². The SMILES string of the molecule is CCCCCc1ccc(C(=O)N(Cc2ccc(C(=O)NCCc3ccc(Cl)cc3)cc2)C2CCN(CCC(C)C)CC2)nc1. The largest absolute Gasteiger partial charge is 0.352 e. The highest BCUT2D eigenvalue weighted by molar-refractivity contribution is 6.30. The van der Waals surface area contributed by atoms with Crippen molar-refractivity contribution < 1.29 is 9.59 Å². The molecule has 0 atom stereocenters. The Balaban J connectivity index is 1.40. The molecule has 1 N–H and O–H groups in total. The number of nitrogens with zero attached hydrogens (tertiary/aromatic N) is 3. The standard InChI is InChI=1S/C37H49ClN4O2/c1-4-5-6-7-30-12-17-35(40-26-30)37(44)42(34-20-24-41(25-21-34)23-19-28(2)3)27-31-8-13-32(14-9-31)36(43)39-22-18-29-10-15-33(38)16-11-29/h8-17,26,28,34H,4-7,18-25,27H2,1-3H3,(H,39,43). The predicted molar refractivity (Wildman–Crippen MR) is 180 cm³/mol. The molecule has 1 fully saturated rings. The van der Waals surface area contributed by atoms with E-state index in [1.807, 2.05) is 65.7 Å². The lowest BCUT2D eigenvalue weighted by atomic mass is 10.00. The quantitative estimate of drug-likeness (QED) is 0.179. The maximum absolute atomic E-state index is 13.9. The lowest BCUT2D eigenvalue weighted by molar-refractivity contribution is 0.0540. The van der Waals surface area contributed by atoms with Gasteiger partial charge in [0.05, 0.1) is 0 Å². The summed E-state index contributed by atoms with van der Waals surface area (Å²) >= 11 is 5.97. The Morgan fingerprint density at radius 2 is 1.61 bits per heavy atom. The summed E-state index contributed by atoms with van der Waals surface area (Å²) in [6.07, 6.45) is 10.2. The highest BCUT2D eigenvalue weighted by Crippen LogP contribution is 2.23. The molecule has 0 bridgehead atoms. The minimum absolute atomic E-state index is 0.0187. The van der Waals surface area contributed by atoms with Crippen molar-refractivity contribution in [2.75, 3.05) is 26.2 Å². The number of pyridine rings is 1. The number of rotatable bonds is 15. The number of unbranched alkanes of at least 4 members (excludes halogenated alkanes) is 2. The Hall–Kier alpha value is -3.22. The van der Waals surface area contributed by atoms with Crippen molar-refractivity contribution in [3.05, 3.63) is 99.8 Å². The molecule has 0 unspecified atom stereocenters. The normalized spacial score (nSPS) is 14.1. The molecule has 1 aliphatic rings. The van der Waals surface area contributed by atoms with Crippen LogP contribution in [0.15, 0.2) is 66.9 Å².